The fourth-order valence-electron chi connectivity index (χ4n) is 6.27. The number of carbonyl (C=O) groups is 1. The van der Waals surface area contributed by atoms with Crippen molar-refractivity contribution in [1.29, 1.82) is 0 Å². The molecule has 38 heavy (non-hydrogen) atoms. The minimum Gasteiger partial charge on any atom is -0.504 e. The number of aromatic amines is 1. The molecule has 1 saturated heterocycles. The third-order valence-corrected chi connectivity index (χ3v) is 8.09. The Labute approximate surface area is 220 Å². The van der Waals surface area contributed by atoms with Crippen molar-refractivity contribution < 1.29 is 19.7 Å². The Hall–Kier alpha value is -3.63. The van der Waals surface area contributed by atoms with Crippen LogP contribution in [0.25, 0.3) is 22.6 Å². The summed E-state index contributed by atoms with van der Waals surface area (Å²) in [6.07, 6.45) is 8.15. The van der Waals surface area contributed by atoms with E-state index < -0.39 is 0 Å². The van der Waals surface area contributed by atoms with Gasteiger partial charge in [0.15, 0.2) is 11.4 Å². The Bertz CT molecular complexity index is 1350. The number of anilines is 1. The zero-order chi connectivity index (χ0) is 26.4. The van der Waals surface area contributed by atoms with E-state index in [1.807, 2.05) is 31.2 Å². The van der Waals surface area contributed by atoms with Gasteiger partial charge in [-0.25, -0.2) is 9.97 Å². The lowest BCUT2D eigenvalue weighted by Gasteiger charge is -2.32. The van der Waals surface area contributed by atoms with Crippen LogP contribution >= 0.6 is 0 Å². The van der Waals surface area contributed by atoms with Crippen LogP contribution in [0, 0.1) is 17.8 Å². The number of allylic oxidation sites excluding steroid dienone is 1. The number of amides is 1. The molecule has 10 nitrogen and oxygen atoms in total. The highest BCUT2D eigenvalue weighted by Crippen LogP contribution is 2.46. The summed E-state index contributed by atoms with van der Waals surface area (Å²) in [5, 5.41) is 23.7. The third kappa shape index (κ3) is 4.69. The maximum absolute atomic E-state index is 12.2. The van der Waals surface area contributed by atoms with Gasteiger partial charge in [0, 0.05) is 31.2 Å². The molecule has 6 N–H and O–H groups in total. The molecule has 3 aliphatic rings. The molecule has 0 radical (unpaired) electrons. The summed E-state index contributed by atoms with van der Waals surface area (Å²) in [6, 6.07) is 7.58. The Morgan fingerprint density at radius 3 is 2.68 bits per heavy atom. The molecular formula is C28H34N6O4. The number of piperidine rings is 1. The summed E-state index contributed by atoms with van der Waals surface area (Å²) < 4.78 is 6.20. The standard InChI is InChI=1S/C28H34N6O4/c1-15(35)14-34-10-8-20(9-11-34)38-19-6-4-16(5-7-19)27-32-25-24(21(36)13-30-28(25)33-27)31-23-18-3-2-17(12-18)22(23)26(29)37/h2-7,13,15,17-18,20,22-23,35-36H,8-12,14H2,1H3,(H2,29,37)(H2,30,31,32,33). The van der Waals surface area contributed by atoms with Gasteiger partial charge in [-0.2, -0.15) is 0 Å². The third-order valence-electron chi connectivity index (χ3n) is 8.09. The molecular weight excluding hydrogens is 484 g/mol. The number of fused-ring (bicyclic) bond motifs is 3. The van der Waals surface area contributed by atoms with E-state index in [0.717, 1.165) is 43.7 Å². The number of nitrogens with zero attached hydrogens (tertiary/aromatic N) is 3. The number of β-amino-alcohol motifs (C(OH)–C–C–N with tert-alkyl or cyclic N) is 1. The largest absolute Gasteiger partial charge is 0.504 e. The Kier molecular flexibility index (Phi) is 6.45. The van der Waals surface area contributed by atoms with Crippen LogP contribution in [-0.4, -0.2) is 73.9 Å². The van der Waals surface area contributed by atoms with Gasteiger partial charge in [-0.3, -0.25) is 4.79 Å². The minimum absolute atomic E-state index is 0.00841. The van der Waals surface area contributed by atoms with E-state index in [1.165, 1.54) is 6.20 Å². The molecule has 10 heteroatoms. The lowest BCUT2D eigenvalue weighted by atomic mass is 9.88. The van der Waals surface area contributed by atoms with E-state index in [-0.39, 0.29) is 47.7 Å². The van der Waals surface area contributed by atoms with Crippen LogP contribution in [0.5, 0.6) is 11.5 Å². The number of pyridine rings is 1. The number of aliphatic hydroxyl groups is 1. The van der Waals surface area contributed by atoms with Gasteiger partial charge in [-0.05, 0) is 62.3 Å². The van der Waals surface area contributed by atoms with E-state index in [9.17, 15) is 15.0 Å². The number of imidazole rings is 1. The summed E-state index contributed by atoms with van der Waals surface area (Å²) in [4.78, 5) is 26.7. The molecule has 1 aliphatic heterocycles. The zero-order valence-corrected chi connectivity index (χ0v) is 21.4. The molecule has 0 spiro atoms. The minimum atomic E-state index is -0.331. The molecule has 2 aromatic heterocycles. The number of hydrogen-bond acceptors (Lipinski definition) is 8. The fourth-order valence-corrected chi connectivity index (χ4v) is 6.27. The number of H-pyrrole nitrogens is 1. The van der Waals surface area contributed by atoms with Crippen LogP contribution in [0.15, 0.2) is 42.6 Å². The Morgan fingerprint density at radius 2 is 1.97 bits per heavy atom. The number of aromatic hydroxyl groups is 1. The summed E-state index contributed by atoms with van der Waals surface area (Å²) in [5.41, 5.74) is 8.12. The van der Waals surface area contributed by atoms with Crippen LogP contribution in [0.2, 0.25) is 0 Å². The van der Waals surface area contributed by atoms with Gasteiger partial charge in [-0.15, -0.1) is 0 Å². The quantitative estimate of drug-likeness (QED) is 0.286. The lowest BCUT2D eigenvalue weighted by molar-refractivity contribution is -0.122. The lowest BCUT2D eigenvalue weighted by Crippen LogP contribution is -2.41. The van der Waals surface area contributed by atoms with E-state index in [2.05, 4.69) is 37.3 Å². The first kappa shape index (κ1) is 24.7. The van der Waals surface area contributed by atoms with Crippen molar-refractivity contribution in [1.82, 2.24) is 19.9 Å². The number of rotatable bonds is 8. The molecule has 2 aliphatic carbocycles. The van der Waals surface area contributed by atoms with Crippen molar-refractivity contribution in [3.63, 3.8) is 0 Å². The fraction of sp³-hybridized carbons (Fsp3) is 0.464. The molecule has 3 heterocycles. The van der Waals surface area contributed by atoms with Crippen LogP contribution in [0.3, 0.4) is 0 Å². The number of nitrogens with one attached hydrogen (secondary N) is 2. The molecule has 1 aromatic carbocycles. The first-order valence-electron chi connectivity index (χ1n) is 13.3. The monoisotopic (exact) mass is 518 g/mol. The van der Waals surface area contributed by atoms with Crippen LogP contribution in [-0.2, 0) is 4.79 Å². The number of hydrogen-bond donors (Lipinski definition) is 5. The zero-order valence-electron chi connectivity index (χ0n) is 21.4. The number of primary amides is 1. The number of aliphatic hydroxyl groups excluding tert-OH is 1. The summed E-state index contributed by atoms with van der Waals surface area (Å²) in [6.45, 7) is 4.36. The van der Waals surface area contributed by atoms with Crippen LogP contribution in [0.1, 0.15) is 26.2 Å². The van der Waals surface area contributed by atoms with Gasteiger partial charge in [0.25, 0.3) is 0 Å². The van der Waals surface area contributed by atoms with Crippen LogP contribution < -0.4 is 15.8 Å². The Morgan fingerprint density at radius 1 is 1.24 bits per heavy atom. The van der Waals surface area contributed by atoms with E-state index in [0.29, 0.717) is 29.2 Å². The highest BCUT2D eigenvalue weighted by Gasteiger charge is 2.47. The first-order chi connectivity index (χ1) is 18.4. The highest BCUT2D eigenvalue weighted by atomic mass is 16.5. The second-order valence-corrected chi connectivity index (χ2v) is 10.8. The first-order valence-corrected chi connectivity index (χ1v) is 13.3. The van der Waals surface area contributed by atoms with Crippen molar-refractivity contribution in [3.05, 3.63) is 42.6 Å². The number of carbonyl (C=O) groups excluding carboxylic acids is 1. The van der Waals surface area contributed by atoms with Gasteiger partial charge < -0.3 is 35.9 Å². The van der Waals surface area contributed by atoms with E-state index >= 15 is 0 Å². The average molecular weight is 519 g/mol. The highest BCUT2D eigenvalue weighted by molar-refractivity contribution is 5.91. The van der Waals surface area contributed by atoms with Gasteiger partial charge in [0.2, 0.25) is 5.91 Å². The number of aromatic nitrogens is 3. The van der Waals surface area contributed by atoms with Crippen molar-refractivity contribution in [2.45, 2.75) is 44.4 Å². The average Bonchev–Trinajstić information content (AvgIpc) is 3.62. The SMILES string of the molecule is CC(O)CN1CCC(Oc2ccc(-c3nc4ncc(O)c(NC5C6C=CC(C6)C5C(N)=O)c4[nH]3)cc2)CC1. The summed E-state index contributed by atoms with van der Waals surface area (Å²) >= 11 is 0. The second kappa shape index (κ2) is 9.92. The number of ether oxygens (including phenoxy) is 1. The molecule has 3 aromatic rings. The van der Waals surface area contributed by atoms with Gasteiger partial charge in [-0.1, -0.05) is 12.2 Å². The molecule has 5 unspecified atom stereocenters. The Balaban J connectivity index is 1.17. The molecule has 2 bridgehead atoms. The second-order valence-electron chi connectivity index (χ2n) is 10.8. The molecule has 1 saturated carbocycles. The van der Waals surface area contributed by atoms with E-state index in [4.69, 9.17) is 10.5 Å². The topological polar surface area (TPSA) is 150 Å². The number of nitrogens with two attached hydrogens (primary N) is 1. The van der Waals surface area contributed by atoms with Gasteiger partial charge >= 0.3 is 0 Å². The number of likely N-dealkylation sites (tertiary alicyclic amines) is 1. The number of benzene rings is 1. The van der Waals surface area contributed by atoms with Gasteiger partial charge in [0.05, 0.1) is 18.2 Å². The molecule has 6 rings (SSSR count). The van der Waals surface area contributed by atoms with Gasteiger partial charge in [0.1, 0.15) is 28.9 Å². The molecule has 5 atom stereocenters. The summed E-state index contributed by atoms with van der Waals surface area (Å²) in [5.74, 6) is 1.07. The van der Waals surface area contributed by atoms with Crippen molar-refractivity contribution in [2.24, 2.45) is 23.5 Å². The van der Waals surface area contributed by atoms with Crippen LogP contribution in [0.4, 0.5) is 5.69 Å². The smallest absolute Gasteiger partial charge is 0.223 e. The summed E-state index contributed by atoms with van der Waals surface area (Å²) in [7, 11) is 0. The molecule has 200 valence electrons. The van der Waals surface area contributed by atoms with E-state index in [1.54, 1.807) is 0 Å². The molecule has 2 fully saturated rings. The predicted molar refractivity (Wildman–Crippen MR) is 144 cm³/mol. The molecule has 1 amide bonds. The van der Waals surface area contributed by atoms with Crippen molar-refractivity contribution in [3.8, 4) is 22.9 Å². The predicted octanol–water partition coefficient (Wildman–Crippen LogP) is 2.64. The maximum atomic E-state index is 12.2. The van der Waals surface area contributed by atoms with Crippen molar-refractivity contribution >= 4 is 22.8 Å². The maximum Gasteiger partial charge on any atom is 0.223 e. The van der Waals surface area contributed by atoms with Crippen molar-refractivity contribution in [2.75, 3.05) is 25.0 Å². The normalized spacial score (nSPS) is 26.2.